The van der Waals surface area contributed by atoms with Crippen LogP contribution in [0.1, 0.15) is 112 Å². The second-order valence-electron chi connectivity index (χ2n) is 8.94. The number of hydrogen-bond acceptors (Lipinski definition) is 2. The minimum atomic E-state index is 0.0484. The third-order valence-electron chi connectivity index (χ3n) is 5.33. The van der Waals surface area contributed by atoms with E-state index in [1.54, 1.807) is 0 Å². The van der Waals surface area contributed by atoms with E-state index in [9.17, 15) is 4.79 Å². The van der Waals surface area contributed by atoms with E-state index in [4.69, 9.17) is 4.74 Å². The largest absolute Gasteiger partial charge is 0.485 e. The SMILES string of the molecule is CC(C)c1ccc(C(=O)COc2c(C(C)C)cccc2C(C)C)c(C(C)C)c1. The van der Waals surface area contributed by atoms with Crippen LogP contribution in [0.3, 0.4) is 0 Å². The van der Waals surface area contributed by atoms with Crippen LogP contribution in [0.15, 0.2) is 36.4 Å². The molecule has 2 aromatic carbocycles. The number of rotatable bonds is 8. The summed E-state index contributed by atoms with van der Waals surface area (Å²) < 4.78 is 6.17. The van der Waals surface area contributed by atoms with Gasteiger partial charge in [0.2, 0.25) is 0 Å². The summed E-state index contributed by atoms with van der Waals surface area (Å²) in [6.07, 6.45) is 0. The normalized spacial score (nSPS) is 11.7. The summed E-state index contributed by atoms with van der Waals surface area (Å²) in [7, 11) is 0. The number of carbonyl (C=O) groups is 1. The van der Waals surface area contributed by atoms with Gasteiger partial charge in [-0.15, -0.1) is 0 Å². The van der Waals surface area contributed by atoms with Crippen LogP contribution in [0.5, 0.6) is 5.75 Å². The zero-order valence-corrected chi connectivity index (χ0v) is 18.8. The number of carbonyl (C=O) groups excluding carboxylic acids is 1. The minimum absolute atomic E-state index is 0.0484. The van der Waals surface area contributed by atoms with Crippen LogP contribution in [0.25, 0.3) is 0 Å². The standard InChI is InChI=1S/C26H36O2/c1-16(2)20-12-13-23(24(14-20)19(7)8)25(27)15-28-26-21(17(3)4)10-9-11-22(26)18(5)6/h9-14,16-19H,15H2,1-8H3. The third kappa shape index (κ3) is 5.04. The Balaban J connectivity index is 2.33. The van der Waals surface area contributed by atoms with E-state index in [0.29, 0.717) is 23.7 Å². The fraction of sp³-hybridized carbons (Fsp3) is 0.500. The van der Waals surface area contributed by atoms with Gasteiger partial charge in [-0.1, -0.05) is 91.8 Å². The monoisotopic (exact) mass is 380 g/mol. The van der Waals surface area contributed by atoms with Crippen molar-refractivity contribution >= 4 is 5.78 Å². The second kappa shape index (κ2) is 9.41. The van der Waals surface area contributed by atoms with E-state index < -0.39 is 0 Å². The molecule has 0 radical (unpaired) electrons. The zero-order chi connectivity index (χ0) is 21.0. The van der Waals surface area contributed by atoms with Gasteiger partial charge in [0.05, 0.1) is 0 Å². The first-order chi connectivity index (χ1) is 13.1. The van der Waals surface area contributed by atoms with Crippen molar-refractivity contribution in [3.05, 3.63) is 64.2 Å². The van der Waals surface area contributed by atoms with Crippen LogP contribution in [-0.2, 0) is 0 Å². The molecule has 28 heavy (non-hydrogen) atoms. The minimum Gasteiger partial charge on any atom is -0.485 e. The molecule has 2 nitrogen and oxygen atoms in total. The van der Waals surface area contributed by atoms with Gasteiger partial charge in [0.1, 0.15) is 5.75 Å². The number of para-hydroxylation sites is 1. The van der Waals surface area contributed by atoms with E-state index in [1.165, 1.54) is 16.7 Å². The maximum Gasteiger partial charge on any atom is 0.200 e. The number of ketones is 1. The van der Waals surface area contributed by atoms with Gasteiger partial charge in [0, 0.05) is 5.56 Å². The van der Waals surface area contributed by atoms with Crippen molar-refractivity contribution in [2.45, 2.75) is 79.1 Å². The molecule has 2 aromatic rings. The van der Waals surface area contributed by atoms with Crippen LogP contribution in [0.4, 0.5) is 0 Å². The van der Waals surface area contributed by atoms with Gasteiger partial charge in [-0.25, -0.2) is 0 Å². The van der Waals surface area contributed by atoms with Gasteiger partial charge in [0.15, 0.2) is 12.4 Å². The average Bonchev–Trinajstić information content (AvgIpc) is 2.64. The average molecular weight is 381 g/mol. The summed E-state index contributed by atoms with van der Waals surface area (Å²) in [5.74, 6) is 2.37. The third-order valence-corrected chi connectivity index (χ3v) is 5.33. The molecule has 0 unspecified atom stereocenters. The lowest BCUT2D eigenvalue weighted by Crippen LogP contribution is -2.16. The molecule has 2 rings (SSSR count). The summed E-state index contributed by atoms with van der Waals surface area (Å²) >= 11 is 0. The van der Waals surface area contributed by atoms with E-state index >= 15 is 0 Å². The van der Waals surface area contributed by atoms with Gasteiger partial charge in [0.25, 0.3) is 0 Å². The van der Waals surface area contributed by atoms with Gasteiger partial charge < -0.3 is 4.74 Å². The quantitative estimate of drug-likeness (QED) is 0.445. The number of hydrogen-bond donors (Lipinski definition) is 0. The zero-order valence-electron chi connectivity index (χ0n) is 18.8. The lowest BCUT2D eigenvalue weighted by atomic mass is 9.90. The highest BCUT2D eigenvalue weighted by Gasteiger charge is 2.19. The van der Waals surface area contributed by atoms with Gasteiger partial charge in [-0.3, -0.25) is 4.79 Å². The smallest absolute Gasteiger partial charge is 0.200 e. The van der Waals surface area contributed by atoms with Crippen molar-refractivity contribution in [2.75, 3.05) is 6.61 Å². The Bertz CT molecular complexity index is 787. The van der Waals surface area contributed by atoms with E-state index in [2.05, 4.69) is 85.7 Å². The van der Waals surface area contributed by atoms with E-state index in [1.807, 2.05) is 6.07 Å². The number of Topliss-reactive ketones (excluding diaryl/α,β-unsaturated/α-hetero) is 1. The Morgan fingerprint density at radius 2 is 1.29 bits per heavy atom. The maximum absolute atomic E-state index is 13.1. The molecule has 0 heterocycles. The molecule has 0 atom stereocenters. The highest BCUT2D eigenvalue weighted by Crippen LogP contribution is 2.35. The molecule has 0 aromatic heterocycles. The van der Waals surface area contributed by atoms with Crippen molar-refractivity contribution in [1.82, 2.24) is 0 Å². The highest BCUT2D eigenvalue weighted by molar-refractivity contribution is 5.99. The van der Waals surface area contributed by atoms with Crippen LogP contribution < -0.4 is 4.74 Å². The summed E-state index contributed by atoms with van der Waals surface area (Å²) in [5.41, 5.74) is 5.50. The Kier molecular flexibility index (Phi) is 7.46. The number of benzene rings is 2. The van der Waals surface area contributed by atoms with E-state index in [0.717, 1.165) is 16.9 Å². The molecule has 2 heteroatoms. The first kappa shape index (κ1) is 22.2. The molecular formula is C26H36O2. The molecule has 0 aliphatic carbocycles. The summed E-state index contributed by atoms with van der Waals surface area (Å²) in [4.78, 5) is 13.1. The van der Waals surface area contributed by atoms with Gasteiger partial charge in [-0.05, 0) is 45.9 Å². The Hall–Kier alpha value is -2.09. The van der Waals surface area contributed by atoms with E-state index in [-0.39, 0.29) is 12.4 Å². The first-order valence-corrected chi connectivity index (χ1v) is 10.6. The predicted octanol–water partition coefficient (Wildman–Crippen LogP) is 7.44. The van der Waals surface area contributed by atoms with Crippen molar-refractivity contribution in [2.24, 2.45) is 0 Å². The van der Waals surface area contributed by atoms with Crippen molar-refractivity contribution < 1.29 is 9.53 Å². The fourth-order valence-corrected chi connectivity index (χ4v) is 3.54. The second-order valence-corrected chi connectivity index (χ2v) is 8.94. The summed E-state index contributed by atoms with van der Waals surface area (Å²) in [6, 6.07) is 12.5. The van der Waals surface area contributed by atoms with Crippen LogP contribution in [-0.4, -0.2) is 12.4 Å². The molecule has 0 bridgehead atoms. The first-order valence-electron chi connectivity index (χ1n) is 10.6. The molecule has 0 N–H and O–H groups in total. The molecular weight excluding hydrogens is 344 g/mol. The molecule has 0 spiro atoms. The summed E-state index contributed by atoms with van der Waals surface area (Å²) in [5, 5.41) is 0. The van der Waals surface area contributed by atoms with Crippen LogP contribution >= 0.6 is 0 Å². The highest BCUT2D eigenvalue weighted by atomic mass is 16.5. The van der Waals surface area contributed by atoms with Crippen molar-refractivity contribution in [3.63, 3.8) is 0 Å². The van der Waals surface area contributed by atoms with Gasteiger partial charge >= 0.3 is 0 Å². The van der Waals surface area contributed by atoms with Crippen molar-refractivity contribution in [1.29, 1.82) is 0 Å². The Labute approximate surface area is 171 Å². The van der Waals surface area contributed by atoms with Crippen LogP contribution in [0, 0.1) is 0 Å². The fourth-order valence-electron chi connectivity index (χ4n) is 3.54. The number of ether oxygens (including phenoxy) is 1. The summed E-state index contributed by atoms with van der Waals surface area (Å²) in [6.45, 7) is 17.4. The molecule has 152 valence electrons. The Morgan fingerprint density at radius 1 is 0.750 bits per heavy atom. The molecule has 0 fully saturated rings. The molecule has 0 amide bonds. The molecule has 0 aliphatic rings. The lowest BCUT2D eigenvalue weighted by Gasteiger charge is -2.20. The topological polar surface area (TPSA) is 26.3 Å². The molecule has 0 aliphatic heterocycles. The maximum atomic E-state index is 13.1. The van der Waals surface area contributed by atoms with Crippen LogP contribution in [0.2, 0.25) is 0 Å². The van der Waals surface area contributed by atoms with Crippen molar-refractivity contribution in [3.8, 4) is 5.75 Å². The Morgan fingerprint density at radius 3 is 1.75 bits per heavy atom. The van der Waals surface area contributed by atoms with Gasteiger partial charge in [-0.2, -0.15) is 0 Å². The predicted molar refractivity (Wildman–Crippen MR) is 119 cm³/mol. The molecule has 0 saturated carbocycles. The lowest BCUT2D eigenvalue weighted by molar-refractivity contribution is 0.0918. The molecule has 0 saturated heterocycles.